The highest BCUT2D eigenvalue weighted by Crippen LogP contribution is 2.30. The monoisotopic (exact) mass is 523 g/mol. The van der Waals surface area contributed by atoms with E-state index in [-0.39, 0.29) is 0 Å². The Balaban J connectivity index is 1.39. The fraction of sp³-hybridized carbons (Fsp3) is 0.400. The summed E-state index contributed by atoms with van der Waals surface area (Å²) < 4.78 is 34.1. The SMILES string of the molecule is O=S(=O)(c1ccc(Br)s1)N1CCN(c2nc(N3CCOCC3)c3ccccc3n2)CC1. The van der Waals surface area contributed by atoms with Crippen molar-refractivity contribution >= 4 is 60.0 Å². The van der Waals surface area contributed by atoms with Crippen molar-refractivity contribution in [3.8, 4) is 0 Å². The van der Waals surface area contributed by atoms with Crippen LogP contribution in [0.15, 0.2) is 44.4 Å². The minimum absolute atomic E-state index is 0.365. The third kappa shape index (κ3) is 4.17. The fourth-order valence-corrected chi connectivity index (χ4v) is 7.48. The van der Waals surface area contributed by atoms with E-state index in [0.29, 0.717) is 49.6 Å². The van der Waals surface area contributed by atoms with E-state index in [1.54, 1.807) is 16.4 Å². The molecule has 0 saturated carbocycles. The number of fused-ring (bicyclic) bond motifs is 1. The second kappa shape index (κ2) is 8.62. The van der Waals surface area contributed by atoms with Gasteiger partial charge in [0.1, 0.15) is 10.0 Å². The number of aromatic nitrogens is 2. The normalized spacial score (nSPS) is 18.6. The molecule has 2 aliphatic heterocycles. The second-order valence-corrected chi connectivity index (χ2v) is 12.0. The van der Waals surface area contributed by atoms with Gasteiger partial charge in [-0.3, -0.25) is 0 Å². The van der Waals surface area contributed by atoms with Crippen molar-refractivity contribution in [1.82, 2.24) is 14.3 Å². The van der Waals surface area contributed by atoms with E-state index in [2.05, 4.69) is 25.7 Å². The predicted molar refractivity (Wildman–Crippen MR) is 126 cm³/mol. The van der Waals surface area contributed by atoms with Crippen LogP contribution in [0.3, 0.4) is 0 Å². The molecule has 11 heteroatoms. The van der Waals surface area contributed by atoms with E-state index in [1.807, 2.05) is 24.3 Å². The molecule has 0 bridgehead atoms. The van der Waals surface area contributed by atoms with Gasteiger partial charge in [-0.2, -0.15) is 9.29 Å². The van der Waals surface area contributed by atoms with E-state index in [0.717, 1.165) is 33.6 Å². The summed E-state index contributed by atoms with van der Waals surface area (Å²) in [4.78, 5) is 14.0. The summed E-state index contributed by atoms with van der Waals surface area (Å²) >= 11 is 4.58. The third-order valence-corrected chi connectivity index (χ3v) is 9.54. The lowest BCUT2D eigenvalue weighted by atomic mass is 10.2. The predicted octanol–water partition coefficient (Wildman–Crippen LogP) is 2.80. The molecule has 0 unspecified atom stereocenters. The Morgan fingerprint density at radius 2 is 1.65 bits per heavy atom. The molecule has 4 heterocycles. The van der Waals surface area contributed by atoms with Crippen LogP contribution in [0.1, 0.15) is 0 Å². The van der Waals surface area contributed by atoms with E-state index >= 15 is 0 Å². The van der Waals surface area contributed by atoms with E-state index in [9.17, 15) is 8.42 Å². The van der Waals surface area contributed by atoms with Gasteiger partial charge < -0.3 is 14.5 Å². The number of hydrogen-bond acceptors (Lipinski definition) is 8. The second-order valence-electron chi connectivity index (χ2n) is 7.41. The number of piperazine rings is 1. The zero-order valence-electron chi connectivity index (χ0n) is 16.8. The molecule has 0 N–H and O–H groups in total. The van der Waals surface area contributed by atoms with Gasteiger partial charge in [0.2, 0.25) is 5.95 Å². The van der Waals surface area contributed by atoms with Crippen LogP contribution < -0.4 is 9.80 Å². The first-order valence-electron chi connectivity index (χ1n) is 10.1. The lowest BCUT2D eigenvalue weighted by Crippen LogP contribution is -2.49. The number of sulfonamides is 1. The number of hydrogen-bond donors (Lipinski definition) is 0. The highest BCUT2D eigenvalue weighted by molar-refractivity contribution is 9.11. The van der Waals surface area contributed by atoms with Gasteiger partial charge in [-0.25, -0.2) is 13.4 Å². The Morgan fingerprint density at radius 1 is 0.903 bits per heavy atom. The first-order chi connectivity index (χ1) is 15.0. The van der Waals surface area contributed by atoms with Gasteiger partial charge >= 0.3 is 0 Å². The summed E-state index contributed by atoms with van der Waals surface area (Å²) in [7, 11) is -3.47. The van der Waals surface area contributed by atoms with Gasteiger partial charge in [-0.05, 0) is 40.2 Å². The molecule has 2 saturated heterocycles. The van der Waals surface area contributed by atoms with Crippen LogP contribution in [0.2, 0.25) is 0 Å². The Bertz CT molecular complexity index is 1190. The smallest absolute Gasteiger partial charge is 0.252 e. The molecular weight excluding hydrogens is 502 g/mol. The number of rotatable bonds is 4. The molecule has 0 radical (unpaired) electrons. The number of thiophene rings is 1. The Labute approximate surface area is 193 Å². The van der Waals surface area contributed by atoms with Gasteiger partial charge in [0, 0.05) is 44.7 Å². The van der Waals surface area contributed by atoms with Crippen molar-refractivity contribution in [2.45, 2.75) is 4.21 Å². The standard InChI is InChI=1S/C20H22BrN5O3S2/c21-17-5-6-18(30-17)31(27,28)26-9-7-25(8-10-26)20-22-16-4-2-1-3-15(16)19(23-20)24-11-13-29-14-12-24/h1-6H,7-14H2. The average molecular weight is 524 g/mol. The maximum absolute atomic E-state index is 12.9. The highest BCUT2D eigenvalue weighted by Gasteiger charge is 2.31. The largest absolute Gasteiger partial charge is 0.378 e. The average Bonchev–Trinajstić information content (AvgIpc) is 3.26. The maximum Gasteiger partial charge on any atom is 0.252 e. The van der Waals surface area contributed by atoms with Gasteiger partial charge in [0.05, 0.1) is 22.5 Å². The first-order valence-corrected chi connectivity index (χ1v) is 13.2. The summed E-state index contributed by atoms with van der Waals surface area (Å²) in [6, 6.07) is 11.4. The van der Waals surface area contributed by atoms with E-state index < -0.39 is 10.0 Å². The molecule has 0 aliphatic carbocycles. The fourth-order valence-electron chi connectivity index (χ4n) is 3.90. The van der Waals surface area contributed by atoms with E-state index in [4.69, 9.17) is 14.7 Å². The topological polar surface area (TPSA) is 78.9 Å². The summed E-state index contributed by atoms with van der Waals surface area (Å²) in [5.74, 6) is 1.57. The number of morpholine rings is 1. The van der Waals surface area contributed by atoms with Crippen molar-refractivity contribution in [1.29, 1.82) is 0 Å². The van der Waals surface area contributed by atoms with Crippen molar-refractivity contribution in [2.75, 3.05) is 62.3 Å². The van der Waals surface area contributed by atoms with Crippen LogP contribution in [0.5, 0.6) is 0 Å². The van der Waals surface area contributed by atoms with Crippen LogP contribution in [-0.2, 0) is 14.8 Å². The molecule has 0 amide bonds. The summed E-state index contributed by atoms with van der Waals surface area (Å²) in [5.41, 5.74) is 0.896. The zero-order chi connectivity index (χ0) is 21.4. The summed E-state index contributed by atoms with van der Waals surface area (Å²) in [6.45, 7) is 4.86. The van der Waals surface area contributed by atoms with Gasteiger partial charge in [-0.1, -0.05) is 12.1 Å². The number of halogens is 1. The molecule has 2 aliphatic rings. The van der Waals surface area contributed by atoms with Gasteiger partial charge in [-0.15, -0.1) is 11.3 Å². The minimum atomic E-state index is -3.47. The number of ether oxygens (including phenoxy) is 1. The molecule has 5 rings (SSSR count). The van der Waals surface area contributed by atoms with Crippen LogP contribution >= 0.6 is 27.3 Å². The third-order valence-electron chi connectivity index (χ3n) is 5.55. The van der Waals surface area contributed by atoms with E-state index in [1.165, 1.54) is 11.3 Å². The van der Waals surface area contributed by atoms with Crippen LogP contribution in [-0.4, -0.2) is 75.2 Å². The Hall–Kier alpha value is -1.79. The van der Waals surface area contributed by atoms with Crippen LogP contribution in [0.25, 0.3) is 10.9 Å². The molecule has 164 valence electrons. The van der Waals surface area contributed by atoms with Crippen molar-refractivity contribution in [3.05, 3.63) is 40.2 Å². The lowest BCUT2D eigenvalue weighted by molar-refractivity contribution is 0.122. The molecule has 2 fully saturated rings. The molecule has 0 atom stereocenters. The van der Waals surface area contributed by atoms with Crippen molar-refractivity contribution in [3.63, 3.8) is 0 Å². The Morgan fingerprint density at radius 3 is 2.35 bits per heavy atom. The minimum Gasteiger partial charge on any atom is -0.378 e. The molecule has 0 spiro atoms. The molecule has 1 aromatic carbocycles. The maximum atomic E-state index is 12.9. The molecule has 2 aromatic heterocycles. The molecule has 31 heavy (non-hydrogen) atoms. The van der Waals surface area contributed by atoms with Gasteiger partial charge in [0.15, 0.2) is 0 Å². The number of nitrogens with zero attached hydrogens (tertiary/aromatic N) is 5. The van der Waals surface area contributed by atoms with Crippen LogP contribution in [0, 0.1) is 0 Å². The van der Waals surface area contributed by atoms with Crippen LogP contribution in [0.4, 0.5) is 11.8 Å². The highest BCUT2D eigenvalue weighted by atomic mass is 79.9. The Kier molecular flexibility index (Phi) is 5.86. The number of anilines is 2. The van der Waals surface area contributed by atoms with Crippen molar-refractivity contribution in [2.24, 2.45) is 0 Å². The number of benzene rings is 1. The summed E-state index contributed by atoms with van der Waals surface area (Å²) in [6.07, 6.45) is 0. The molecular formula is C20H22BrN5O3S2. The first kappa shape index (κ1) is 21.1. The van der Waals surface area contributed by atoms with Crippen molar-refractivity contribution < 1.29 is 13.2 Å². The quantitative estimate of drug-likeness (QED) is 0.520. The summed E-state index contributed by atoms with van der Waals surface area (Å²) in [5, 5.41) is 1.03. The molecule has 3 aromatic rings. The lowest BCUT2D eigenvalue weighted by Gasteiger charge is -2.35. The zero-order valence-corrected chi connectivity index (χ0v) is 20.0. The molecule has 8 nitrogen and oxygen atoms in total. The van der Waals surface area contributed by atoms with Gasteiger partial charge in [0.25, 0.3) is 10.0 Å². The number of para-hydroxylation sites is 1.